The molecule has 0 saturated carbocycles. The molecule has 2 heteroatoms. The third-order valence-corrected chi connectivity index (χ3v) is 2.37. The van der Waals surface area contributed by atoms with Gasteiger partial charge in [-0.25, -0.2) is 0 Å². The maximum absolute atomic E-state index is 9.27. The smallest absolute Gasteiger partial charge is 0.276 e. The molecule has 0 bridgehead atoms. The number of hydrogen-bond acceptors (Lipinski definition) is 2. The van der Waals surface area contributed by atoms with Crippen molar-refractivity contribution in [3.63, 3.8) is 0 Å². The van der Waals surface area contributed by atoms with Crippen LogP contribution in [0.5, 0.6) is 0 Å². The van der Waals surface area contributed by atoms with E-state index >= 15 is 0 Å². The van der Waals surface area contributed by atoms with Crippen LogP contribution < -0.4 is 0 Å². The van der Waals surface area contributed by atoms with Gasteiger partial charge in [0.15, 0.2) is 0 Å². The van der Waals surface area contributed by atoms with Crippen LogP contribution in [0.3, 0.4) is 0 Å². The molecule has 0 spiro atoms. The SMILES string of the molecule is CCCCC1=C/C(=C/C=C(\O)OCC)C=C1. The summed E-state index contributed by atoms with van der Waals surface area (Å²) >= 11 is 0. The first kappa shape index (κ1) is 12.6. The van der Waals surface area contributed by atoms with Crippen LogP contribution in [0.15, 0.2) is 47.5 Å². The molecule has 1 rings (SSSR count). The highest BCUT2D eigenvalue weighted by Gasteiger charge is 2.01. The Kier molecular flexibility index (Phi) is 5.48. The van der Waals surface area contributed by atoms with Crippen LogP contribution in [0, 0.1) is 0 Å². The minimum atomic E-state index is -0.0289. The summed E-state index contributed by atoms with van der Waals surface area (Å²) in [5.74, 6) is -0.0289. The molecule has 0 fully saturated rings. The van der Waals surface area contributed by atoms with Gasteiger partial charge in [-0.05, 0) is 37.0 Å². The van der Waals surface area contributed by atoms with Crippen molar-refractivity contribution in [3.05, 3.63) is 47.5 Å². The van der Waals surface area contributed by atoms with Crippen molar-refractivity contribution in [1.29, 1.82) is 0 Å². The van der Waals surface area contributed by atoms with E-state index in [0.717, 1.165) is 12.0 Å². The minimum Gasteiger partial charge on any atom is -0.481 e. The van der Waals surface area contributed by atoms with Crippen molar-refractivity contribution in [2.75, 3.05) is 6.61 Å². The molecule has 0 aliphatic heterocycles. The Balaban J connectivity index is 2.51. The molecular formula is C14H20O2. The lowest BCUT2D eigenvalue weighted by atomic mass is 10.1. The fourth-order valence-corrected chi connectivity index (χ4v) is 1.52. The van der Waals surface area contributed by atoms with Gasteiger partial charge in [0.1, 0.15) is 0 Å². The molecule has 0 aromatic carbocycles. The van der Waals surface area contributed by atoms with Gasteiger partial charge in [-0.15, -0.1) is 0 Å². The molecule has 1 aliphatic carbocycles. The van der Waals surface area contributed by atoms with Crippen molar-refractivity contribution < 1.29 is 9.84 Å². The summed E-state index contributed by atoms with van der Waals surface area (Å²) in [6.07, 6.45) is 13.4. The van der Waals surface area contributed by atoms with Gasteiger partial charge in [-0.3, -0.25) is 0 Å². The Bertz CT molecular complexity index is 333. The Labute approximate surface area is 97.6 Å². The summed E-state index contributed by atoms with van der Waals surface area (Å²) in [4.78, 5) is 0. The fourth-order valence-electron chi connectivity index (χ4n) is 1.52. The Hall–Kier alpha value is -1.44. The zero-order valence-electron chi connectivity index (χ0n) is 10.1. The van der Waals surface area contributed by atoms with Gasteiger partial charge in [-0.1, -0.05) is 31.6 Å². The average molecular weight is 220 g/mol. The molecule has 2 nitrogen and oxygen atoms in total. The van der Waals surface area contributed by atoms with Gasteiger partial charge in [0.25, 0.3) is 5.95 Å². The van der Waals surface area contributed by atoms with Gasteiger partial charge in [0.05, 0.1) is 6.61 Å². The van der Waals surface area contributed by atoms with E-state index in [-0.39, 0.29) is 5.95 Å². The summed E-state index contributed by atoms with van der Waals surface area (Å²) in [7, 11) is 0. The summed E-state index contributed by atoms with van der Waals surface area (Å²) in [5, 5.41) is 9.27. The van der Waals surface area contributed by atoms with Gasteiger partial charge < -0.3 is 9.84 Å². The lowest BCUT2D eigenvalue weighted by Gasteiger charge is -1.97. The first-order valence-electron chi connectivity index (χ1n) is 5.88. The van der Waals surface area contributed by atoms with Crippen molar-refractivity contribution in [1.82, 2.24) is 0 Å². The summed E-state index contributed by atoms with van der Waals surface area (Å²) in [5.41, 5.74) is 2.47. The summed E-state index contributed by atoms with van der Waals surface area (Å²) in [6, 6.07) is 0. The zero-order valence-corrected chi connectivity index (χ0v) is 10.1. The lowest BCUT2D eigenvalue weighted by molar-refractivity contribution is 0.103. The second-order valence-corrected chi connectivity index (χ2v) is 3.76. The zero-order chi connectivity index (χ0) is 11.8. The predicted octanol–water partition coefficient (Wildman–Crippen LogP) is 4.04. The van der Waals surface area contributed by atoms with E-state index in [0.29, 0.717) is 6.61 Å². The highest BCUT2D eigenvalue weighted by Crippen LogP contribution is 2.20. The molecule has 1 N–H and O–H groups in total. The number of allylic oxidation sites excluding steroid dienone is 7. The Morgan fingerprint density at radius 2 is 2.19 bits per heavy atom. The number of unbranched alkanes of at least 4 members (excludes halogenated alkanes) is 1. The van der Waals surface area contributed by atoms with E-state index in [4.69, 9.17) is 4.74 Å². The summed E-state index contributed by atoms with van der Waals surface area (Å²) in [6.45, 7) is 4.52. The van der Waals surface area contributed by atoms with Crippen LogP contribution in [0.4, 0.5) is 0 Å². The van der Waals surface area contributed by atoms with E-state index in [9.17, 15) is 5.11 Å². The van der Waals surface area contributed by atoms with Crippen LogP contribution in [0.25, 0.3) is 0 Å². The van der Waals surface area contributed by atoms with Crippen LogP contribution in [-0.4, -0.2) is 11.7 Å². The third kappa shape index (κ3) is 4.39. The fraction of sp³-hybridized carbons (Fsp3) is 0.429. The standard InChI is InChI=1S/C14H20O2/c1-3-5-6-12-7-8-13(11-12)9-10-14(15)16-4-2/h7-11,15H,3-6H2,1-2H3/b13-9+,14-10+. The van der Waals surface area contributed by atoms with E-state index < -0.39 is 0 Å². The van der Waals surface area contributed by atoms with Crippen molar-refractivity contribution in [3.8, 4) is 0 Å². The maximum Gasteiger partial charge on any atom is 0.276 e. The largest absolute Gasteiger partial charge is 0.481 e. The average Bonchev–Trinajstić information content (AvgIpc) is 2.72. The number of aliphatic hydroxyl groups excluding tert-OH is 1. The van der Waals surface area contributed by atoms with E-state index in [1.54, 1.807) is 6.08 Å². The van der Waals surface area contributed by atoms with Gasteiger partial charge >= 0.3 is 0 Å². The molecule has 0 amide bonds. The number of aliphatic hydroxyl groups is 1. The Morgan fingerprint density at radius 3 is 2.88 bits per heavy atom. The third-order valence-electron chi connectivity index (χ3n) is 2.37. The monoisotopic (exact) mass is 220 g/mol. The van der Waals surface area contributed by atoms with Crippen LogP contribution in [-0.2, 0) is 4.74 Å². The molecule has 0 aromatic rings. The van der Waals surface area contributed by atoms with E-state index in [1.807, 2.05) is 13.0 Å². The lowest BCUT2D eigenvalue weighted by Crippen LogP contribution is -1.88. The Morgan fingerprint density at radius 1 is 1.38 bits per heavy atom. The topological polar surface area (TPSA) is 29.5 Å². The molecule has 0 unspecified atom stereocenters. The van der Waals surface area contributed by atoms with Gasteiger partial charge in [-0.2, -0.15) is 0 Å². The van der Waals surface area contributed by atoms with Crippen LogP contribution in [0.1, 0.15) is 33.1 Å². The normalized spacial score (nSPS) is 18.0. The predicted molar refractivity (Wildman–Crippen MR) is 67.2 cm³/mol. The first-order chi connectivity index (χ1) is 7.76. The molecular weight excluding hydrogens is 200 g/mol. The molecule has 0 heterocycles. The number of hydrogen-bond donors (Lipinski definition) is 1. The molecule has 16 heavy (non-hydrogen) atoms. The molecule has 1 aliphatic rings. The van der Waals surface area contributed by atoms with Crippen LogP contribution in [0.2, 0.25) is 0 Å². The van der Waals surface area contributed by atoms with Gasteiger partial charge in [0.2, 0.25) is 0 Å². The van der Waals surface area contributed by atoms with Crippen molar-refractivity contribution >= 4 is 0 Å². The van der Waals surface area contributed by atoms with E-state index in [2.05, 4.69) is 25.2 Å². The number of rotatable bonds is 6. The highest BCUT2D eigenvalue weighted by atomic mass is 16.6. The number of ether oxygens (including phenoxy) is 1. The van der Waals surface area contributed by atoms with Gasteiger partial charge in [0, 0.05) is 6.08 Å². The molecule has 0 radical (unpaired) electrons. The molecule has 0 atom stereocenters. The molecule has 0 aromatic heterocycles. The highest BCUT2D eigenvalue weighted by molar-refractivity contribution is 5.47. The molecule has 0 saturated heterocycles. The maximum atomic E-state index is 9.27. The minimum absolute atomic E-state index is 0.0289. The second-order valence-electron chi connectivity index (χ2n) is 3.76. The quantitative estimate of drug-likeness (QED) is 0.685. The second kappa shape index (κ2) is 6.94. The van der Waals surface area contributed by atoms with Crippen LogP contribution >= 0.6 is 0 Å². The summed E-state index contributed by atoms with van der Waals surface area (Å²) < 4.78 is 4.92. The van der Waals surface area contributed by atoms with Crippen molar-refractivity contribution in [2.24, 2.45) is 0 Å². The van der Waals surface area contributed by atoms with Crippen molar-refractivity contribution in [2.45, 2.75) is 33.1 Å². The van der Waals surface area contributed by atoms with E-state index in [1.165, 1.54) is 18.4 Å². The molecule has 88 valence electrons. The first-order valence-corrected chi connectivity index (χ1v) is 5.88.